The van der Waals surface area contributed by atoms with E-state index in [0.29, 0.717) is 84.5 Å². The van der Waals surface area contributed by atoms with Crippen molar-refractivity contribution in [1.82, 2.24) is 88.0 Å². The normalized spacial score (nSPS) is 16.9. The number of likely N-dealkylation sites (tertiary alicyclic amines) is 4. The second-order valence-corrected chi connectivity index (χ2v) is 45.7. The van der Waals surface area contributed by atoms with E-state index in [-0.39, 0.29) is 0 Å². The lowest BCUT2D eigenvalue weighted by Crippen LogP contribution is -2.65. The van der Waals surface area contributed by atoms with Crippen molar-refractivity contribution in [2.24, 2.45) is 40.4 Å². The number of unbranched alkanes of at least 4 members (excludes halogenated alkanes) is 8. The van der Waals surface area contributed by atoms with Crippen molar-refractivity contribution < 1.29 is 18.9 Å². The van der Waals surface area contributed by atoms with Crippen LogP contribution in [-0.4, -0.2) is 219 Å². The number of ether oxygens (including phenoxy) is 4. The summed E-state index contributed by atoms with van der Waals surface area (Å²) in [5.41, 5.74) is 42.5. The average Bonchev–Trinajstić information content (AvgIpc) is 1.55. The number of aromatic nitrogens is 12. The minimum Gasteiger partial charge on any atom is -0.496 e. The zero-order valence-corrected chi connectivity index (χ0v) is 92.6. The Bertz CT molecular complexity index is 6300. The molecule has 1 atom stereocenters. The van der Waals surface area contributed by atoms with Gasteiger partial charge in [-0.2, -0.15) is 19.9 Å². The second kappa shape index (κ2) is 50.1. The van der Waals surface area contributed by atoms with Gasteiger partial charge in [-0.15, -0.1) is 0 Å². The molecule has 30 nitrogen and oxygen atoms in total. The monoisotopic (exact) mass is 2020 g/mol. The summed E-state index contributed by atoms with van der Waals surface area (Å²) < 4.78 is 32.1. The average molecular weight is 2020 g/mol. The molecule has 4 aromatic carbocycles. The number of methoxy groups -OCH3 is 4. The molecule has 12 aromatic rings. The summed E-state index contributed by atoms with van der Waals surface area (Å²) in [7, 11) is 7.05. The van der Waals surface area contributed by atoms with Gasteiger partial charge in [-0.05, 0) is 197 Å². The van der Waals surface area contributed by atoms with Gasteiger partial charge in [0.25, 0.3) is 0 Å². The van der Waals surface area contributed by atoms with Gasteiger partial charge in [0, 0.05) is 187 Å². The van der Waals surface area contributed by atoms with Crippen molar-refractivity contribution in [3.05, 3.63) is 166 Å². The van der Waals surface area contributed by atoms with Gasteiger partial charge in [0.1, 0.15) is 45.1 Å². The molecule has 0 bridgehead atoms. The summed E-state index contributed by atoms with van der Waals surface area (Å²) in [6, 6.07) is 37.4. The molecular weight excluding hydrogens is 1850 g/mol. The molecule has 3 saturated carbocycles. The summed E-state index contributed by atoms with van der Waals surface area (Å²) in [5, 5.41) is 17.8. The molecule has 3 aliphatic carbocycles. The van der Waals surface area contributed by atoms with E-state index in [2.05, 4.69) is 304 Å². The Kier molecular flexibility index (Phi) is 37.0. The highest BCUT2D eigenvalue weighted by molar-refractivity contribution is 5.90. The fourth-order valence-corrected chi connectivity index (χ4v) is 23.9. The van der Waals surface area contributed by atoms with E-state index < -0.39 is 0 Å². The fraction of sp³-hybridized carbons (Fsp3) is 0.593. The summed E-state index contributed by atoms with van der Waals surface area (Å²) >= 11 is 0. The first-order valence-corrected chi connectivity index (χ1v) is 56.0. The van der Waals surface area contributed by atoms with Gasteiger partial charge in [-0.1, -0.05) is 183 Å². The van der Waals surface area contributed by atoms with Gasteiger partial charge >= 0.3 is 0 Å². The molecule has 30 heteroatoms. The van der Waals surface area contributed by atoms with Crippen LogP contribution < -0.4 is 68.5 Å². The maximum atomic E-state index is 6.00. The Labute approximate surface area is 881 Å². The Morgan fingerprint density at radius 1 is 0.378 bits per heavy atom. The van der Waals surface area contributed by atoms with E-state index in [1.54, 1.807) is 28.4 Å². The van der Waals surface area contributed by atoms with Gasteiger partial charge in [0.15, 0.2) is 23.3 Å². The lowest BCUT2D eigenvalue weighted by Gasteiger charge is -2.54. The number of nitrogens with one attached hydrogen (secondary N) is 5. The number of anilines is 8. The van der Waals surface area contributed by atoms with Crippen LogP contribution in [0.5, 0.6) is 23.0 Å². The van der Waals surface area contributed by atoms with Crippen LogP contribution >= 0.6 is 0 Å². The van der Waals surface area contributed by atoms with Crippen molar-refractivity contribution in [3.63, 3.8) is 0 Å². The first-order valence-electron chi connectivity index (χ1n) is 56.0. The minimum absolute atomic E-state index is 0.296. The number of hydrogen-bond donors (Lipinski definition) is 9. The molecule has 802 valence electrons. The molecule has 0 amide bonds. The summed E-state index contributed by atoms with van der Waals surface area (Å²) in [4.78, 5) is 48.9. The van der Waals surface area contributed by atoms with Gasteiger partial charge in [-0.3, -0.25) is 24.5 Å². The maximum absolute atomic E-state index is 6.00. The van der Waals surface area contributed by atoms with Gasteiger partial charge in [-0.25, -0.2) is 19.9 Å². The van der Waals surface area contributed by atoms with Gasteiger partial charge < -0.3 is 86.7 Å². The molecule has 7 aliphatic rings. The molecule has 7 fully saturated rings. The summed E-state index contributed by atoms with van der Waals surface area (Å²) in [6.07, 6.45) is 33.1. The second-order valence-electron chi connectivity index (χ2n) is 45.7. The quantitative estimate of drug-likeness (QED) is 0.0160. The maximum Gasteiger partial charge on any atom is 0.222 e. The lowest BCUT2D eigenvalue weighted by molar-refractivity contribution is -0.0325. The highest BCUT2D eigenvalue weighted by atomic mass is 16.5. The number of nitrogens with zero attached hydrogens (tertiary/aromatic N) is 17. The van der Waals surface area contributed by atoms with Crippen molar-refractivity contribution in [1.29, 1.82) is 0 Å². The van der Waals surface area contributed by atoms with Crippen molar-refractivity contribution in [3.8, 4) is 23.0 Å². The first-order chi connectivity index (χ1) is 71.5. The van der Waals surface area contributed by atoms with Crippen LogP contribution in [0.25, 0.3) is 44.1 Å². The summed E-state index contributed by atoms with van der Waals surface area (Å²) in [5.74, 6) is 12.2. The Balaban J connectivity index is 0.000000141. The van der Waals surface area contributed by atoms with Crippen LogP contribution in [0.2, 0.25) is 0 Å². The third-order valence-electron chi connectivity index (χ3n) is 31.9. The number of nitrogens with two attached hydrogens (primary N) is 4. The molecule has 12 heterocycles. The van der Waals surface area contributed by atoms with Crippen molar-refractivity contribution in [2.45, 2.75) is 307 Å². The van der Waals surface area contributed by atoms with Crippen LogP contribution in [0.15, 0.2) is 122 Å². The van der Waals surface area contributed by atoms with Crippen LogP contribution in [0.4, 0.5) is 47.1 Å². The molecule has 13 N–H and O–H groups in total. The highest BCUT2D eigenvalue weighted by Crippen LogP contribution is 2.59. The molecule has 4 saturated heterocycles. The lowest BCUT2D eigenvalue weighted by atomic mass is 9.72. The van der Waals surface area contributed by atoms with Crippen LogP contribution in [0, 0.1) is 40.4 Å². The molecule has 19 rings (SSSR count). The van der Waals surface area contributed by atoms with Gasteiger partial charge in [0.05, 0.1) is 76.7 Å². The predicted molar refractivity (Wildman–Crippen MR) is 608 cm³/mol. The topological polar surface area (TPSA) is 340 Å². The third-order valence-corrected chi connectivity index (χ3v) is 31.9. The number of hydrogen-bond acceptors (Lipinski definition) is 26. The van der Waals surface area contributed by atoms with E-state index in [1.165, 1.54) is 151 Å². The number of nitrogen functional groups attached to an aromatic ring is 4. The SMILES string of the molecule is CCCCCNc1nc(N)nc2ccn(Cc3ccc(CN4CC(C(C)CC(C)C)C4)cc3OC)c12.CCCCCNc1nc(N)nc2ccn(Cc3ccc(CN4CC(C)(C5(NC(C)C)CC5)C4)cc3OC)c12.CCCCCNc1nc(N)nc2ccn(Cc3ccc(CN4CC(C5(CC(C)C)CC5)C4)cc3OC)c12.CCCCCNc1nc(N)nc2ccn(Cc3ccc(CN4CC(N(C(C)C)C5CC5)C4)cc3OC)c12. The van der Waals surface area contributed by atoms with E-state index in [9.17, 15) is 0 Å². The number of fused-ring (bicyclic) bond motifs is 4. The zero-order chi connectivity index (χ0) is 105. The summed E-state index contributed by atoms with van der Waals surface area (Å²) in [6.45, 7) is 51.9. The first kappa shape index (κ1) is 109. The van der Waals surface area contributed by atoms with E-state index in [0.717, 1.165) is 253 Å². The van der Waals surface area contributed by atoms with E-state index in [4.69, 9.17) is 41.9 Å². The van der Waals surface area contributed by atoms with Crippen LogP contribution in [0.3, 0.4) is 0 Å². The zero-order valence-electron chi connectivity index (χ0n) is 92.6. The van der Waals surface area contributed by atoms with Crippen LogP contribution in [-0.2, 0) is 52.4 Å². The Morgan fingerprint density at radius 3 is 0.986 bits per heavy atom. The highest BCUT2D eigenvalue weighted by Gasteiger charge is 2.61. The molecule has 4 aliphatic heterocycles. The molecule has 0 radical (unpaired) electrons. The number of benzene rings is 4. The minimum atomic E-state index is 0.296. The van der Waals surface area contributed by atoms with E-state index in [1.807, 2.05) is 24.3 Å². The van der Waals surface area contributed by atoms with Crippen LogP contribution in [0.1, 0.15) is 270 Å². The smallest absolute Gasteiger partial charge is 0.222 e. The Hall–Kier alpha value is -11.3. The number of rotatable bonds is 52. The van der Waals surface area contributed by atoms with Crippen molar-refractivity contribution >= 4 is 91.2 Å². The molecule has 0 spiro atoms. The largest absolute Gasteiger partial charge is 0.496 e. The molecule has 1 unspecified atom stereocenters. The van der Waals surface area contributed by atoms with Crippen molar-refractivity contribution in [2.75, 3.05) is 151 Å². The third kappa shape index (κ3) is 27.4. The van der Waals surface area contributed by atoms with E-state index >= 15 is 0 Å². The standard InChI is InChI=1S/C30H45N7O.C30H44N6O.C29H43N7O.C29H44N6O/c1-6-7-8-14-32-27-26-24(33-28(31)34-27)11-15-37(26)18-23-10-9-22(16-25(23)38-5)17-36-19-29(4,20-36)30(12-13-30)35-21(2)3;1-5-6-7-13-32-28-27-25(33-29(31)34-28)10-14-36(27)18-23-9-8-22(15-26(23)37-4)17-35-19-24(20-35)30(11-12-30)16-21(2)3;1-5-6-7-13-31-28-27-25(32-29(30)33-28)12-14-35(27)17-22-9-8-21(15-26(22)37-4)16-34-18-24(19-34)36(20(2)3)23-10-11-23;1-6-7-8-12-31-28-27-25(32-29(30)33-28)11-13-35(27)19-23-10-9-22(15-26(23)36-5)16-34-17-24(18-34)21(4)14-20(2)3/h9-11,15-16,21,35H,6-8,12-14,17-20H2,1-5H3,(H3,31,32,33,34);8-10,14-15,21,24H,5-7,11-13,16-20H2,1-4H3,(H3,31,32,33,34);8-9,12,14-15,20,23-24H,5-7,10-11,13,16-19H2,1-4H3,(H3,30,31,32,33);9-11,13,15,20-21,24H,6-8,12,14,16-19H2,1-5H3,(H3,30,31,32,33). The molecule has 148 heavy (non-hydrogen) atoms. The Morgan fingerprint density at radius 2 is 0.703 bits per heavy atom. The van der Waals surface area contributed by atoms with Gasteiger partial charge in [0.2, 0.25) is 23.8 Å². The molecular formula is C118H176N26O4. The fourth-order valence-electron chi connectivity index (χ4n) is 23.9. The predicted octanol–water partition coefficient (Wildman–Crippen LogP) is 21.5. The molecule has 8 aromatic heterocycles.